The van der Waals surface area contributed by atoms with Crippen LogP contribution >= 0.6 is 0 Å². The SMILES string of the molecule is COc1ccc(NC(=O)C(=O)NN=Cc2ccc(OC(=O)c3cccc(C)c3)cc2)cc1. The number of carbonyl (C=O) groups is 3. The molecule has 0 aliphatic heterocycles. The quantitative estimate of drug-likeness (QED) is 0.205. The van der Waals surface area contributed by atoms with Crippen LogP contribution in [-0.4, -0.2) is 31.1 Å². The van der Waals surface area contributed by atoms with E-state index in [9.17, 15) is 14.4 Å². The molecule has 0 radical (unpaired) electrons. The average molecular weight is 431 g/mol. The highest BCUT2D eigenvalue weighted by Crippen LogP contribution is 2.15. The number of ether oxygens (including phenoxy) is 2. The van der Waals surface area contributed by atoms with Crippen LogP contribution in [0, 0.1) is 6.92 Å². The molecule has 2 amide bonds. The van der Waals surface area contributed by atoms with Crippen LogP contribution in [0.5, 0.6) is 11.5 Å². The minimum absolute atomic E-state index is 0.372. The summed E-state index contributed by atoms with van der Waals surface area (Å²) in [6, 6.07) is 20.2. The summed E-state index contributed by atoms with van der Waals surface area (Å²) in [5.74, 6) is -1.22. The van der Waals surface area contributed by atoms with Crippen LogP contribution in [0.2, 0.25) is 0 Å². The van der Waals surface area contributed by atoms with E-state index >= 15 is 0 Å². The molecule has 2 N–H and O–H groups in total. The molecule has 0 saturated carbocycles. The minimum atomic E-state index is -0.916. The number of methoxy groups -OCH3 is 1. The highest BCUT2D eigenvalue weighted by molar-refractivity contribution is 6.39. The zero-order valence-electron chi connectivity index (χ0n) is 17.5. The van der Waals surface area contributed by atoms with Gasteiger partial charge in [0.05, 0.1) is 18.9 Å². The molecule has 8 nitrogen and oxygen atoms in total. The van der Waals surface area contributed by atoms with Gasteiger partial charge in [-0.1, -0.05) is 17.7 Å². The standard InChI is InChI=1S/C24H21N3O5/c1-16-4-3-5-18(14-16)24(30)32-21-10-6-17(7-11-21)15-25-27-23(29)22(28)26-19-8-12-20(31-2)13-9-19/h3-15H,1-2H3,(H,26,28)(H,27,29). The van der Waals surface area contributed by atoms with E-state index in [0.29, 0.717) is 28.3 Å². The molecule has 0 atom stereocenters. The molecule has 0 aliphatic rings. The number of amides is 2. The fraction of sp³-hybridized carbons (Fsp3) is 0.0833. The van der Waals surface area contributed by atoms with E-state index in [1.54, 1.807) is 66.7 Å². The van der Waals surface area contributed by atoms with Crippen LogP contribution in [0.25, 0.3) is 0 Å². The Labute approximate surface area is 184 Å². The summed E-state index contributed by atoms with van der Waals surface area (Å²) in [7, 11) is 1.53. The van der Waals surface area contributed by atoms with Gasteiger partial charge in [0.2, 0.25) is 0 Å². The van der Waals surface area contributed by atoms with Crippen LogP contribution in [-0.2, 0) is 9.59 Å². The van der Waals surface area contributed by atoms with Gasteiger partial charge in [-0.05, 0) is 73.2 Å². The minimum Gasteiger partial charge on any atom is -0.497 e. The fourth-order valence-corrected chi connectivity index (χ4v) is 2.64. The molecule has 32 heavy (non-hydrogen) atoms. The van der Waals surface area contributed by atoms with Crippen LogP contribution < -0.4 is 20.2 Å². The molecule has 3 aromatic rings. The van der Waals surface area contributed by atoms with Crippen LogP contribution in [0.3, 0.4) is 0 Å². The number of aryl methyl sites for hydroxylation is 1. The number of hydrogen-bond donors (Lipinski definition) is 2. The Morgan fingerprint density at radius 3 is 2.22 bits per heavy atom. The maximum Gasteiger partial charge on any atom is 0.343 e. The van der Waals surface area contributed by atoms with E-state index in [1.807, 2.05) is 13.0 Å². The molecular formula is C24H21N3O5. The fourth-order valence-electron chi connectivity index (χ4n) is 2.64. The third-order valence-electron chi connectivity index (χ3n) is 4.28. The predicted octanol–water partition coefficient (Wildman–Crippen LogP) is 3.31. The molecule has 162 valence electrons. The normalized spacial score (nSPS) is 10.4. The Morgan fingerprint density at radius 2 is 1.56 bits per heavy atom. The lowest BCUT2D eigenvalue weighted by atomic mass is 10.1. The van der Waals surface area contributed by atoms with Gasteiger partial charge in [-0.25, -0.2) is 10.2 Å². The molecular weight excluding hydrogens is 410 g/mol. The van der Waals surface area contributed by atoms with E-state index in [4.69, 9.17) is 9.47 Å². The monoisotopic (exact) mass is 431 g/mol. The molecule has 0 bridgehead atoms. The number of nitrogens with zero attached hydrogens (tertiary/aromatic N) is 1. The Morgan fingerprint density at radius 1 is 0.875 bits per heavy atom. The lowest BCUT2D eigenvalue weighted by Crippen LogP contribution is -2.32. The Kier molecular flexibility index (Phi) is 7.32. The second-order valence-corrected chi connectivity index (χ2v) is 6.71. The largest absolute Gasteiger partial charge is 0.497 e. The number of benzene rings is 3. The van der Waals surface area contributed by atoms with E-state index in [1.165, 1.54) is 13.3 Å². The van der Waals surface area contributed by atoms with Crippen LogP contribution in [0.1, 0.15) is 21.5 Å². The first-order valence-corrected chi connectivity index (χ1v) is 9.62. The Bertz CT molecular complexity index is 1140. The van der Waals surface area contributed by atoms with Crippen LogP contribution in [0.4, 0.5) is 5.69 Å². The summed E-state index contributed by atoms with van der Waals surface area (Å²) in [5, 5.41) is 6.22. The predicted molar refractivity (Wildman–Crippen MR) is 120 cm³/mol. The summed E-state index contributed by atoms with van der Waals surface area (Å²) >= 11 is 0. The van der Waals surface area contributed by atoms with Crippen molar-refractivity contribution in [3.05, 3.63) is 89.5 Å². The molecule has 0 unspecified atom stereocenters. The maximum absolute atomic E-state index is 12.2. The first-order valence-electron chi connectivity index (χ1n) is 9.62. The number of anilines is 1. The third-order valence-corrected chi connectivity index (χ3v) is 4.28. The molecule has 0 spiro atoms. The summed E-state index contributed by atoms with van der Waals surface area (Å²) in [4.78, 5) is 36.0. The van der Waals surface area contributed by atoms with Gasteiger partial charge in [0.25, 0.3) is 0 Å². The first kappa shape index (κ1) is 22.2. The Hall–Kier alpha value is -4.46. The van der Waals surface area contributed by atoms with E-state index < -0.39 is 17.8 Å². The van der Waals surface area contributed by atoms with Gasteiger partial charge in [0, 0.05) is 5.69 Å². The van der Waals surface area contributed by atoms with Crippen molar-refractivity contribution >= 4 is 29.7 Å². The molecule has 3 aromatic carbocycles. The molecule has 3 rings (SSSR count). The molecule has 0 aliphatic carbocycles. The van der Waals surface area contributed by atoms with Gasteiger partial charge in [-0.15, -0.1) is 0 Å². The topological polar surface area (TPSA) is 106 Å². The van der Waals surface area contributed by atoms with Gasteiger partial charge >= 0.3 is 17.8 Å². The van der Waals surface area contributed by atoms with Crippen molar-refractivity contribution in [3.63, 3.8) is 0 Å². The number of nitrogens with one attached hydrogen (secondary N) is 2. The lowest BCUT2D eigenvalue weighted by Gasteiger charge is -2.05. The highest BCUT2D eigenvalue weighted by Gasteiger charge is 2.13. The second-order valence-electron chi connectivity index (χ2n) is 6.71. The lowest BCUT2D eigenvalue weighted by molar-refractivity contribution is -0.136. The van der Waals surface area contributed by atoms with Crippen molar-refractivity contribution in [3.8, 4) is 11.5 Å². The van der Waals surface area contributed by atoms with Gasteiger partial charge in [-0.3, -0.25) is 9.59 Å². The van der Waals surface area contributed by atoms with Crippen molar-refractivity contribution in [1.82, 2.24) is 5.43 Å². The Balaban J connectivity index is 1.50. The zero-order valence-corrected chi connectivity index (χ0v) is 17.5. The maximum atomic E-state index is 12.2. The summed E-state index contributed by atoms with van der Waals surface area (Å²) in [6.07, 6.45) is 1.37. The zero-order chi connectivity index (χ0) is 22.9. The summed E-state index contributed by atoms with van der Waals surface area (Å²) in [6.45, 7) is 1.90. The van der Waals surface area contributed by atoms with E-state index in [-0.39, 0.29) is 0 Å². The van der Waals surface area contributed by atoms with Gasteiger partial charge in [-0.2, -0.15) is 5.10 Å². The number of hydrogen-bond acceptors (Lipinski definition) is 6. The third kappa shape index (κ3) is 6.27. The van der Waals surface area contributed by atoms with Gasteiger partial charge < -0.3 is 14.8 Å². The van der Waals surface area contributed by atoms with Crippen molar-refractivity contribution in [2.75, 3.05) is 12.4 Å². The van der Waals surface area contributed by atoms with Crippen molar-refractivity contribution in [2.24, 2.45) is 5.10 Å². The first-order chi connectivity index (χ1) is 15.4. The van der Waals surface area contributed by atoms with E-state index in [2.05, 4.69) is 15.8 Å². The summed E-state index contributed by atoms with van der Waals surface area (Å²) in [5.41, 5.74) is 4.67. The average Bonchev–Trinajstić information content (AvgIpc) is 2.80. The van der Waals surface area contributed by atoms with E-state index in [0.717, 1.165) is 5.56 Å². The van der Waals surface area contributed by atoms with Crippen molar-refractivity contribution < 1.29 is 23.9 Å². The number of esters is 1. The molecule has 0 aromatic heterocycles. The highest BCUT2D eigenvalue weighted by atomic mass is 16.5. The number of hydrazone groups is 1. The molecule has 0 fully saturated rings. The van der Waals surface area contributed by atoms with Crippen molar-refractivity contribution in [2.45, 2.75) is 6.92 Å². The summed E-state index contributed by atoms with van der Waals surface area (Å²) < 4.78 is 10.4. The smallest absolute Gasteiger partial charge is 0.343 e. The van der Waals surface area contributed by atoms with Gasteiger partial charge in [0.1, 0.15) is 11.5 Å². The van der Waals surface area contributed by atoms with Crippen LogP contribution in [0.15, 0.2) is 77.9 Å². The second kappa shape index (κ2) is 10.5. The van der Waals surface area contributed by atoms with Gasteiger partial charge in [0.15, 0.2) is 0 Å². The number of carbonyl (C=O) groups excluding carboxylic acids is 3. The molecule has 0 saturated heterocycles. The molecule has 0 heterocycles. The molecule has 8 heteroatoms. The van der Waals surface area contributed by atoms with Crippen molar-refractivity contribution in [1.29, 1.82) is 0 Å². The number of rotatable bonds is 6.